The Labute approximate surface area is 147 Å². The van der Waals surface area contributed by atoms with Crippen molar-refractivity contribution >= 4 is 35.3 Å². The van der Waals surface area contributed by atoms with Crippen LogP contribution in [0.5, 0.6) is 0 Å². The van der Waals surface area contributed by atoms with Crippen molar-refractivity contribution in [3.8, 4) is 11.3 Å². The van der Waals surface area contributed by atoms with E-state index in [9.17, 15) is 4.79 Å². The summed E-state index contributed by atoms with van der Waals surface area (Å²) in [5, 5.41) is 6.04. The molecule has 1 aromatic heterocycles. The lowest BCUT2D eigenvalue weighted by atomic mass is 10.1. The number of halogens is 1. The second kappa shape index (κ2) is 10.4. The van der Waals surface area contributed by atoms with E-state index >= 15 is 0 Å². The largest absolute Gasteiger partial charge is 0.330 e. The van der Waals surface area contributed by atoms with Crippen LogP contribution >= 0.6 is 23.7 Å². The van der Waals surface area contributed by atoms with Crippen molar-refractivity contribution in [2.45, 2.75) is 39.0 Å². The maximum absolute atomic E-state index is 11.9. The smallest absolute Gasteiger partial charge is 0.224 e. The fraction of sp³-hybridized carbons (Fsp3) is 0.412. The average molecular weight is 354 g/mol. The third-order valence-electron chi connectivity index (χ3n) is 3.44. The first-order valence-corrected chi connectivity index (χ1v) is 8.59. The normalized spacial score (nSPS) is 10.2. The molecule has 23 heavy (non-hydrogen) atoms. The van der Waals surface area contributed by atoms with Gasteiger partial charge in [0.15, 0.2) is 0 Å². The molecule has 1 amide bonds. The van der Waals surface area contributed by atoms with Gasteiger partial charge in [-0.05, 0) is 38.4 Å². The minimum Gasteiger partial charge on any atom is -0.330 e. The van der Waals surface area contributed by atoms with Crippen LogP contribution in [-0.4, -0.2) is 17.4 Å². The molecule has 4 nitrogen and oxygen atoms in total. The number of nitrogens with two attached hydrogens (primary N) is 1. The molecular weight excluding hydrogens is 330 g/mol. The Morgan fingerprint density at radius 2 is 1.87 bits per heavy atom. The molecule has 2 aromatic rings. The van der Waals surface area contributed by atoms with Gasteiger partial charge in [0.2, 0.25) is 5.91 Å². The highest BCUT2D eigenvalue weighted by molar-refractivity contribution is 7.09. The number of aryl methyl sites for hydroxylation is 1. The van der Waals surface area contributed by atoms with Gasteiger partial charge in [-0.25, -0.2) is 4.98 Å². The van der Waals surface area contributed by atoms with Gasteiger partial charge in [0.05, 0.1) is 10.7 Å². The van der Waals surface area contributed by atoms with Crippen molar-refractivity contribution in [3.63, 3.8) is 0 Å². The molecule has 1 aromatic carbocycles. The minimum atomic E-state index is 0. The molecule has 126 valence electrons. The number of hydrogen-bond acceptors (Lipinski definition) is 4. The molecule has 0 aliphatic heterocycles. The van der Waals surface area contributed by atoms with Crippen molar-refractivity contribution in [3.05, 3.63) is 34.7 Å². The van der Waals surface area contributed by atoms with Crippen molar-refractivity contribution in [1.82, 2.24) is 4.98 Å². The second-order valence-corrected chi connectivity index (χ2v) is 6.39. The summed E-state index contributed by atoms with van der Waals surface area (Å²) in [5.74, 6) is 0.0741. The zero-order valence-corrected chi connectivity index (χ0v) is 15.0. The van der Waals surface area contributed by atoms with Crippen molar-refractivity contribution in [1.29, 1.82) is 0 Å². The molecule has 2 rings (SSSR count). The number of nitrogens with one attached hydrogen (secondary N) is 1. The lowest BCUT2D eigenvalue weighted by Gasteiger charge is -2.06. The van der Waals surface area contributed by atoms with Crippen LogP contribution in [-0.2, 0) is 4.79 Å². The van der Waals surface area contributed by atoms with E-state index in [2.05, 4.69) is 10.3 Å². The van der Waals surface area contributed by atoms with Crippen LogP contribution in [0, 0.1) is 6.92 Å². The number of carbonyl (C=O) groups excluding carboxylic acids is 1. The van der Waals surface area contributed by atoms with Crippen molar-refractivity contribution in [2.24, 2.45) is 5.73 Å². The zero-order valence-electron chi connectivity index (χ0n) is 13.4. The van der Waals surface area contributed by atoms with E-state index in [0.717, 1.165) is 54.2 Å². The predicted molar refractivity (Wildman–Crippen MR) is 100 cm³/mol. The molecule has 0 bridgehead atoms. The number of carbonyl (C=O) groups is 1. The number of nitrogens with zero attached hydrogens (tertiary/aromatic N) is 1. The number of benzene rings is 1. The first-order chi connectivity index (χ1) is 10.7. The maximum atomic E-state index is 11.9. The Balaban J connectivity index is 0.00000264. The standard InChI is InChI=1S/C17H23N3OS.ClH/c1-13-19-16(12-22-13)14-7-9-15(10-8-14)20-17(21)6-4-2-3-5-11-18;/h7-10,12H,2-6,11,18H2,1H3,(H,20,21);1H. The monoisotopic (exact) mass is 353 g/mol. The van der Waals surface area contributed by atoms with Crippen LogP contribution in [0.4, 0.5) is 5.69 Å². The lowest BCUT2D eigenvalue weighted by molar-refractivity contribution is -0.116. The first-order valence-electron chi connectivity index (χ1n) is 7.71. The van der Waals surface area contributed by atoms with Gasteiger partial charge in [0.25, 0.3) is 0 Å². The minimum absolute atomic E-state index is 0. The number of thiazole rings is 1. The maximum Gasteiger partial charge on any atom is 0.224 e. The Kier molecular flexibility index (Phi) is 8.84. The van der Waals surface area contributed by atoms with Gasteiger partial charge >= 0.3 is 0 Å². The summed E-state index contributed by atoms with van der Waals surface area (Å²) < 4.78 is 0. The number of unbranched alkanes of at least 4 members (excludes halogenated alkanes) is 3. The summed E-state index contributed by atoms with van der Waals surface area (Å²) in [6.45, 7) is 2.73. The van der Waals surface area contributed by atoms with E-state index < -0.39 is 0 Å². The van der Waals surface area contributed by atoms with Gasteiger partial charge in [0.1, 0.15) is 0 Å². The summed E-state index contributed by atoms with van der Waals surface area (Å²) in [4.78, 5) is 16.3. The topological polar surface area (TPSA) is 68.0 Å². The molecule has 1 heterocycles. The zero-order chi connectivity index (χ0) is 15.8. The van der Waals surface area contributed by atoms with Crippen molar-refractivity contribution < 1.29 is 4.79 Å². The number of aromatic nitrogens is 1. The summed E-state index contributed by atoms with van der Waals surface area (Å²) in [6.07, 6.45) is 4.69. The molecule has 0 unspecified atom stereocenters. The molecule has 0 spiro atoms. The molecule has 0 saturated carbocycles. The van der Waals surface area contributed by atoms with Crippen LogP contribution in [0.2, 0.25) is 0 Å². The summed E-state index contributed by atoms with van der Waals surface area (Å²) >= 11 is 1.64. The highest BCUT2D eigenvalue weighted by Crippen LogP contribution is 2.23. The Morgan fingerprint density at radius 1 is 1.17 bits per heavy atom. The van der Waals surface area contributed by atoms with E-state index in [1.807, 2.05) is 36.6 Å². The highest BCUT2D eigenvalue weighted by Gasteiger charge is 2.04. The Hall–Kier alpha value is -1.43. The van der Waals surface area contributed by atoms with E-state index in [1.165, 1.54) is 0 Å². The van der Waals surface area contributed by atoms with Gasteiger partial charge in [-0.2, -0.15) is 0 Å². The van der Waals surface area contributed by atoms with Gasteiger partial charge in [-0.3, -0.25) is 4.79 Å². The van der Waals surface area contributed by atoms with Crippen LogP contribution in [0.1, 0.15) is 37.1 Å². The molecular formula is C17H24ClN3OS. The van der Waals surface area contributed by atoms with Gasteiger partial charge < -0.3 is 11.1 Å². The predicted octanol–water partition coefficient (Wildman–Crippen LogP) is 4.39. The molecule has 0 aliphatic rings. The quantitative estimate of drug-likeness (QED) is 0.691. The number of amides is 1. The van der Waals surface area contributed by atoms with Gasteiger partial charge in [-0.15, -0.1) is 23.7 Å². The van der Waals surface area contributed by atoms with E-state index in [1.54, 1.807) is 11.3 Å². The number of rotatable bonds is 8. The molecule has 0 aliphatic carbocycles. The SMILES string of the molecule is Cc1nc(-c2ccc(NC(=O)CCCCCCN)cc2)cs1.Cl. The van der Waals surface area contributed by atoms with Crippen LogP contribution < -0.4 is 11.1 Å². The average Bonchev–Trinajstić information content (AvgIpc) is 2.94. The Bertz CT molecular complexity index is 598. The highest BCUT2D eigenvalue weighted by atomic mass is 35.5. The van der Waals surface area contributed by atoms with Gasteiger partial charge in [-0.1, -0.05) is 25.0 Å². The molecule has 6 heteroatoms. The van der Waals surface area contributed by atoms with Crippen molar-refractivity contribution in [2.75, 3.05) is 11.9 Å². The summed E-state index contributed by atoms with van der Waals surface area (Å²) in [5.41, 5.74) is 8.34. The fourth-order valence-electron chi connectivity index (χ4n) is 2.23. The fourth-order valence-corrected chi connectivity index (χ4v) is 2.85. The third kappa shape index (κ3) is 6.69. The van der Waals surface area contributed by atoms with Crippen LogP contribution in [0.3, 0.4) is 0 Å². The summed E-state index contributed by atoms with van der Waals surface area (Å²) in [6, 6.07) is 7.84. The van der Waals surface area contributed by atoms with Gasteiger partial charge in [0, 0.05) is 23.1 Å². The third-order valence-corrected chi connectivity index (χ3v) is 4.21. The molecule has 0 atom stereocenters. The molecule has 0 radical (unpaired) electrons. The first kappa shape index (κ1) is 19.6. The number of anilines is 1. The van der Waals surface area contributed by atoms with E-state index in [0.29, 0.717) is 6.42 Å². The second-order valence-electron chi connectivity index (χ2n) is 5.33. The molecule has 0 saturated heterocycles. The summed E-state index contributed by atoms with van der Waals surface area (Å²) in [7, 11) is 0. The van der Waals surface area contributed by atoms with E-state index in [-0.39, 0.29) is 18.3 Å². The lowest BCUT2D eigenvalue weighted by Crippen LogP contribution is -2.11. The Morgan fingerprint density at radius 3 is 2.48 bits per heavy atom. The number of hydrogen-bond donors (Lipinski definition) is 2. The molecule has 3 N–H and O–H groups in total. The van der Waals surface area contributed by atoms with Crippen LogP contribution in [0.15, 0.2) is 29.6 Å². The van der Waals surface area contributed by atoms with E-state index in [4.69, 9.17) is 5.73 Å². The molecule has 0 fully saturated rings. The van der Waals surface area contributed by atoms with Crippen LogP contribution in [0.25, 0.3) is 11.3 Å².